The van der Waals surface area contributed by atoms with Crippen molar-refractivity contribution in [1.29, 1.82) is 0 Å². The number of carbonyl (C=O) groups excluding carboxylic acids is 1. The summed E-state index contributed by atoms with van der Waals surface area (Å²) in [6, 6.07) is 8.59. The molecule has 1 rings (SSSR count). The van der Waals surface area contributed by atoms with Gasteiger partial charge in [0.15, 0.2) is 0 Å². The SMILES string of the molecule is CC[N+](C)(CC)CCOC.O=C([O-])Nc1ccccc1. The Balaban J connectivity index is 0.000000361. The van der Waals surface area contributed by atoms with Gasteiger partial charge in [-0.15, -0.1) is 0 Å². The summed E-state index contributed by atoms with van der Waals surface area (Å²) in [5.74, 6) is 0. The van der Waals surface area contributed by atoms with Crippen molar-refractivity contribution >= 4 is 11.8 Å². The molecule has 0 saturated carbocycles. The number of para-hydroxylation sites is 1. The molecule has 0 aromatic heterocycles. The van der Waals surface area contributed by atoms with Crippen LogP contribution in [0.25, 0.3) is 0 Å². The van der Waals surface area contributed by atoms with Crippen molar-refractivity contribution in [3.05, 3.63) is 30.3 Å². The zero-order chi connectivity index (χ0) is 15.4. The number of nitrogens with one attached hydrogen (secondary N) is 1. The molecule has 5 heteroatoms. The maximum Gasteiger partial charge on any atom is 0.138 e. The molecule has 0 bridgehead atoms. The van der Waals surface area contributed by atoms with Gasteiger partial charge in [0.2, 0.25) is 0 Å². The Hall–Kier alpha value is -1.59. The van der Waals surface area contributed by atoms with Crippen molar-refractivity contribution in [3.8, 4) is 0 Å². The highest BCUT2D eigenvalue weighted by atomic mass is 16.5. The minimum Gasteiger partial charge on any atom is -0.530 e. The van der Waals surface area contributed by atoms with E-state index in [1.807, 2.05) is 0 Å². The Kier molecular flexibility index (Phi) is 9.41. The first kappa shape index (κ1) is 18.4. The minimum absolute atomic E-state index is 0.530. The second kappa shape index (κ2) is 10.2. The van der Waals surface area contributed by atoms with Gasteiger partial charge >= 0.3 is 0 Å². The molecular formula is C15H26N2O3. The lowest BCUT2D eigenvalue weighted by molar-refractivity contribution is -0.906. The molecule has 20 heavy (non-hydrogen) atoms. The topological polar surface area (TPSA) is 61.4 Å². The Morgan fingerprint density at radius 1 is 1.25 bits per heavy atom. The molecule has 0 unspecified atom stereocenters. The highest BCUT2D eigenvalue weighted by Gasteiger charge is 2.14. The van der Waals surface area contributed by atoms with Crippen LogP contribution >= 0.6 is 0 Å². The number of ether oxygens (including phenoxy) is 1. The number of hydrogen-bond donors (Lipinski definition) is 1. The van der Waals surface area contributed by atoms with E-state index in [1.54, 1.807) is 37.4 Å². The fourth-order valence-corrected chi connectivity index (χ4v) is 1.49. The Morgan fingerprint density at radius 2 is 1.80 bits per heavy atom. The third kappa shape index (κ3) is 8.50. The summed E-state index contributed by atoms with van der Waals surface area (Å²) in [5, 5.41) is 12.1. The summed E-state index contributed by atoms with van der Waals surface area (Å²) in [5.41, 5.74) is 0.530. The summed E-state index contributed by atoms with van der Waals surface area (Å²) in [6.07, 6.45) is -1.29. The number of quaternary nitrogens is 1. The minimum atomic E-state index is -1.29. The normalized spacial score (nSPS) is 10.4. The maximum atomic E-state index is 9.95. The van der Waals surface area contributed by atoms with Gasteiger partial charge in [0.25, 0.3) is 0 Å². The molecule has 1 N–H and O–H groups in total. The zero-order valence-electron chi connectivity index (χ0n) is 12.9. The van der Waals surface area contributed by atoms with Gasteiger partial charge in [-0.25, -0.2) is 0 Å². The first-order chi connectivity index (χ1) is 9.47. The first-order valence-electron chi connectivity index (χ1n) is 6.83. The lowest BCUT2D eigenvalue weighted by Crippen LogP contribution is -2.45. The molecule has 0 heterocycles. The molecule has 0 aliphatic rings. The number of carboxylic acid groups (broad SMARTS) is 1. The van der Waals surface area contributed by atoms with Crippen molar-refractivity contribution in [2.45, 2.75) is 13.8 Å². The van der Waals surface area contributed by atoms with Crippen LogP contribution in [-0.4, -0.2) is 51.0 Å². The van der Waals surface area contributed by atoms with Crippen LogP contribution in [0.4, 0.5) is 10.5 Å². The van der Waals surface area contributed by atoms with Crippen molar-refractivity contribution in [1.82, 2.24) is 0 Å². The fraction of sp³-hybridized carbons (Fsp3) is 0.533. The van der Waals surface area contributed by atoms with Gasteiger partial charge in [-0.2, -0.15) is 0 Å². The molecule has 5 nitrogen and oxygen atoms in total. The Morgan fingerprint density at radius 3 is 2.20 bits per heavy atom. The molecule has 0 aliphatic carbocycles. The zero-order valence-corrected chi connectivity index (χ0v) is 12.9. The van der Waals surface area contributed by atoms with Crippen molar-refractivity contribution in [2.75, 3.05) is 45.7 Å². The van der Waals surface area contributed by atoms with Crippen LogP contribution in [0, 0.1) is 0 Å². The number of carbonyl (C=O) groups is 1. The van der Waals surface area contributed by atoms with E-state index in [-0.39, 0.29) is 0 Å². The molecule has 0 spiro atoms. The maximum absolute atomic E-state index is 9.95. The average Bonchev–Trinajstić information content (AvgIpc) is 2.46. The monoisotopic (exact) mass is 282 g/mol. The molecule has 0 fully saturated rings. The van der Waals surface area contributed by atoms with Crippen LogP contribution < -0.4 is 10.4 Å². The molecule has 114 valence electrons. The number of hydrogen-bond acceptors (Lipinski definition) is 3. The number of methoxy groups -OCH3 is 1. The summed E-state index contributed by atoms with van der Waals surface area (Å²) < 4.78 is 6.14. The molecule has 1 aromatic rings. The van der Waals surface area contributed by atoms with E-state index in [1.165, 1.54) is 13.1 Å². The number of rotatable bonds is 6. The highest BCUT2D eigenvalue weighted by molar-refractivity contribution is 5.80. The van der Waals surface area contributed by atoms with Crippen LogP contribution in [0.2, 0.25) is 0 Å². The van der Waals surface area contributed by atoms with Crippen LogP contribution in [0.15, 0.2) is 30.3 Å². The second-order valence-electron chi connectivity index (χ2n) is 4.75. The van der Waals surface area contributed by atoms with Crippen molar-refractivity contribution < 1.29 is 19.1 Å². The Bertz CT molecular complexity index is 365. The molecule has 1 amide bonds. The predicted molar refractivity (Wildman–Crippen MR) is 79.5 cm³/mol. The van der Waals surface area contributed by atoms with E-state index in [0.29, 0.717) is 5.69 Å². The van der Waals surface area contributed by atoms with Gasteiger partial charge in [0.1, 0.15) is 12.6 Å². The summed E-state index contributed by atoms with van der Waals surface area (Å²) in [4.78, 5) is 9.95. The van der Waals surface area contributed by atoms with Gasteiger partial charge in [-0.05, 0) is 26.0 Å². The second-order valence-corrected chi connectivity index (χ2v) is 4.75. The summed E-state index contributed by atoms with van der Waals surface area (Å²) in [6.45, 7) is 8.83. The molecule has 0 aliphatic heterocycles. The Labute approximate surface area is 121 Å². The molecule has 1 aromatic carbocycles. The number of amides is 1. The number of anilines is 1. The standard InChI is InChI=1S/C8H20NO.C7H7NO2/c1-5-9(3,6-2)7-8-10-4;9-7(10)8-6-4-2-1-3-5-6/h5-8H2,1-4H3;1-5,8H,(H,9,10)/q+1;/p-1. The first-order valence-corrected chi connectivity index (χ1v) is 6.83. The molecule has 0 atom stereocenters. The molecular weight excluding hydrogens is 256 g/mol. The van der Waals surface area contributed by atoms with Crippen LogP contribution in [0.5, 0.6) is 0 Å². The average molecular weight is 282 g/mol. The van der Waals surface area contributed by atoms with Crippen LogP contribution in [0.1, 0.15) is 13.8 Å². The van der Waals surface area contributed by atoms with E-state index in [2.05, 4.69) is 26.2 Å². The summed E-state index contributed by atoms with van der Waals surface area (Å²) in [7, 11) is 4.02. The van der Waals surface area contributed by atoms with E-state index in [0.717, 1.165) is 17.6 Å². The van der Waals surface area contributed by atoms with E-state index in [4.69, 9.17) is 4.74 Å². The highest BCUT2D eigenvalue weighted by Crippen LogP contribution is 2.03. The van der Waals surface area contributed by atoms with Crippen molar-refractivity contribution in [2.24, 2.45) is 0 Å². The third-order valence-corrected chi connectivity index (χ3v) is 3.38. The van der Waals surface area contributed by atoms with E-state index in [9.17, 15) is 9.90 Å². The lowest BCUT2D eigenvalue weighted by Gasteiger charge is -2.31. The van der Waals surface area contributed by atoms with Gasteiger partial charge < -0.3 is 24.4 Å². The van der Waals surface area contributed by atoms with Gasteiger partial charge in [-0.1, -0.05) is 18.2 Å². The molecule has 0 saturated heterocycles. The van der Waals surface area contributed by atoms with Crippen LogP contribution in [-0.2, 0) is 4.74 Å². The smallest absolute Gasteiger partial charge is 0.138 e. The van der Waals surface area contributed by atoms with Gasteiger partial charge in [0, 0.05) is 12.8 Å². The number of nitrogens with zero attached hydrogens (tertiary/aromatic N) is 1. The quantitative estimate of drug-likeness (QED) is 0.805. The number of likely N-dealkylation sites (N-methyl/N-ethyl adjacent to an activating group) is 1. The number of benzene rings is 1. The summed E-state index contributed by atoms with van der Waals surface area (Å²) >= 11 is 0. The fourth-order valence-electron chi connectivity index (χ4n) is 1.49. The van der Waals surface area contributed by atoms with E-state index < -0.39 is 6.09 Å². The largest absolute Gasteiger partial charge is 0.530 e. The predicted octanol–water partition coefficient (Wildman–Crippen LogP) is 1.56. The third-order valence-electron chi connectivity index (χ3n) is 3.38. The molecule has 0 radical (unpaired) electrons. The van der Waals surface area contributed by atoms with Crippen LogP contribution in [0.3, 0.4) is 0 Å². The van der Waals surface area contributed by atoms with Gasteiger partial charge in [0.05, 0.1) is 26.7 Å². The van der Waals surface area contributed by atoms with Gasteiger partial charge in [-0.3, -0.25) is 0 Å². The van der Waals surface area contributed by atoms with E-state index >= 15 is 0 Å². The lowest BCUT2D eigenvalue weighted by atomic mass is 10.3. The van der Waals surface area contributed by atoms with Crippen molar-refractivity contribution in [3.63, 3.8) is 0 Å².